The Labute approximate surface area is 170 Å². The van der Waals surface area contributed by atoms with Crippen molar-refractivity contribution in [3.05, 3.63) is 106 Å². The molecule has 138 valence electrons. The van der Waals surface area contributed by atoms with E-state index in [0.29, 0.717) is 16.2 Å². The van der Waals surface area contributed by atoms with Gasteiger partial charge in [0.1, 0.15) is 26.2 Å². The zero-order valence-electron chi connectivity index (χ0n) is 15.2. The van der Waals surface area contributed by atoms with Crippen molar-refractivity contribution in [1.29, 1.82) is 0 Å². The molecule has 0 amide bonds. The molecule has 2 nitrogen and oxygen atoms in total. The number of rotatable bonds is 5. The lowest BCUT2D eigenvalue weighted by atomic mass is 10.1. The Kier molecular flexibility index (Phi) is 5.80. The molecule has 1 heterocycles. The minimum atomic E-state index is 0.347. The first-order valence-corrected chi connectivity index (χ1v) is 10.2. The van der Waals surface area contributed by atoms with Gasteiger partial charge in [0.25, 0.3) is 0 Å². The smallest absolute Gasteiger partial charge is 0.241 e. The van der Waals surface area contributed by atoms with E-state index >= 15 is 0 Å². The minimum Gasteiger partial charge on any atom is -0.274 e. The van der Waals surface area contributed by atoms with Crippen molar-refractivity contribution in [2.75, 3.05) is 13.1 Å². The summed E-state index contributed by atoms with van der Waals surface area (Å²) in [7, 11) is 0. The zero-order valence-corrected chi connectivity index (χ0v) is 16.7. The average Bonchev–Trinajstić information content (AvgIpc) is 3.08. The standard InChI is InChI=1S/C23H22Cl2N2/c24-21-12-11-20(15-22(21)25)23-26(16-18-7-3-1-4-8-18)13-14-27(23)17-19-9-5-2-6-10-19/h1-12,15,23H,13-14,16-17H2/p+2. The molecule has 0 saturated carbocycles. The molecule has 3 aromatic rings. The Hall–Kier alpha value is -1.84. The van der Waals surface area contributed by atoms with Gasteiger partial charge >= 0.3 is 0 Å². The fraction of sp³-hybridized carbons (Fsp3) is 0.217. The van der Waals surface area contributed by atoms with E-state index in [1.807, 2.05) is 6.07 Å². The van der Waals surface area contributed by atoms with Gasteiger partial charge in [-0.05, 0) is 18.2 Å². The number of benzene rings is 3. The molecule has 4 rings (SSSR count). The molecule has 0 bridgehead atoms. The number of halogens is 2. The summed E-state index contributed by atoms with van der Waals surface area (Å²) < 4.78 is 0. The second kappa shape index (κ2) is 8.45. The Morgan fingerprint density at radius 2 is 1.19 bits per heavy atom. The molecule has 2 atom stereocenters. The maximum Gasteiger partial charge on any atom is 0.241 e. The average molecular weight is 399 g/mol. The Balaban J connectivity index is 1.63. The first-order valence-electron chi connectivity index (χ1n) is 9.42. The van der Waals surface area contributed by atoms with E-state index in [9.17, 15) is 0 Å². The van der Waals surface area contributed by atoms with Crippen molar-refractivity contribution in [3.63, 3.8) is 0 Å². The highest BCUT2D eigenvalue weighted by Crippen LogP contribution is 2.24. The van der Waals surface area contributed by atoms with Gasteiger partial charge in [-0.2, -0.15) is 0 Å². The van der Waals surface area contributed by atoms with Gasteiger partial charge in [-0.1, -0.05) is 83.9 Å². The van der Waals surface area contributed by atoms with Crippen LogP contribution in [-0.2, 0) is 13.1 Å². The number of hydrogen-bond donors (Lipinski definition) is 2. The molecular formula is C23H24Cl2N2+2. The van der Waals surface area contributed by atoms with Crippen molar-refractivity contribution >= 4 is 23.2 Å². The highest BCUT2D eigenvalue weighted by molar-refractivity contribution is 6.42. The van der Waals surface area contributed by atoms with Crippen LogP contribution in [0.2, 0.25) is 10.0 Å². The molecular weight excluding hydrogens is 375 g/mol. The molecule has 4 heteroatoms. The van der Waals surface area contributed by atoms with Gasteiger partial charge in [-0.15, -0.1) is 0 Å². The molecule has 0 radical (unpaired) electrons. The zero-order chi connectivity index (χ0) is 18.6. The monoisotopic (exact) mass is 398 g/mol. The molecule has 1 aliphatic heterocycles. The SMILES string of the molecule is Clc1ccc(C2[NH+](Cc3ccccc3)CC[NH+]2Cc2ccccc2)cc1Cl. The maximum absolute atomic E-state index is 6.36. The molecule has 2 N–H and O–H groups in total. The van der Waals surface area contributed by atoms with Gasteiger partial charge in [0.2, 0.25) is 6.17 Å². The number of hydrogen-bond acceptors (Lipinski definition) is 0. The van der Waals surface area contributed by atoms with Crippen LogP contribution >= 0.6 is 23.2 Å². The van der Waals surface area contributed by atoms with Gasteiger partial charge in [0.05, 0.1) is 15.6 Å². The third-order valence-electron chi connectivity index (χ3n) is 5.41. The minimum absolute atomic E-state index is 0.347. The van der Waals surface area contributed by atoms with Crippen molar-refractivity contribution in [3.8, 4) is 0 Å². The predicted molar refractivity (Wildman–Crippen MR) is 111 cm³/mol. The van der Waals surface area contributed by atoms with Crippen molar-refractivity contribution in [1.82, 2.24) is 0 Å². The second-order valence-electron chi connectivity index (χ2n) is 7.25. The summed E-state index contributed by atoms with van der Waals surface area (Å²) in [6.07, 6.45) is 0.347. The van der Waals surface area contributed by atoms with E-state index in [-0.39, 0.29) is 0 Å². The Morgan fingerprint density at radius 1 is 0.667 bits per heavy atom. The van der Waals surface area contributed by atoms with E-state index in [1.165, 1.54) is 16.7 Å². The van der Waals surface area contributed by atoms with E-state index < -0.39 is 0 Å². The largest absolute Gasteiger partial charge is 0.274 e. The number of nitrogens with one attached hydrogen (secondary N) is 2. The van der Waals surface area contributed by atoms with Crippen LogP contribution < -0.4 is 9.80 Å². The second-order valence-corrected chi connectivity index (χ2v) is 8.06. The summed E-state index contributed by atoms with van der Waals surface area (Å²) in [5.74, 6) is 0. The maximum atomic E-state index is 6.36. The molecule has 0 aromatic heterocycles. The lowest BCUT2D eigenvalue weighted by Crippen LogP contribution is -3.22. The topological polar surface area (TPSA) is 8.88 Å². The van der Waals surface area contributed by atoms with Gasteiger partial charge in [-0.25, -0.2) is 0 Å². The first kappa shape index (κ1) is 18.5. The van der Waals surface area contributed by atoms with Crippen LogP contribution in [0.1, 0.15) is 22.9 Å². The van der Waals surface area contributed by atoms with Crippen LogP contribution in [0.15, 0.2) is 78.9 Å². The fourth-order valence-corrected chi connectivity index (χ4v) is 4.47. The molecule has 0 spiro atoms. The van der Waals surface area contributed by atoms with Crippen LogP contribution in [0.3, 0.4) is 0 Å². The van der Waals surface area contributed by atoms with Crippen LogP contribution in [0.5, 0.6) is 0 Å². The predicted octanol–water partition coefficient (Wildman–Crippen LogP) is 3.18. The van der Waals surface area contributed by atoms with E-state index in [2.05, 4.69) is 72.8 Å². The summed E-state index contributed by atoms with van der Waals surface area (Å²) in [5, 5.41) is 1.26. The van der Waals surface area contributed by atoms with Crippen LogP contribution in [0.4, 0.5) is 0 Å². The van der Waals surface area contributed by atoms with E-state index in [4.69, 9.17) is 23.2 Å². The van der Waals surface area contributed by atoms with Gasteiger partial charge in [0.15, 0.2) is 0 Å². The molecule has 2 unspecified atom stereocenters. The Bertz CT molecular complexity index is 834. The van der Waals surface area contributed by atoms with Gasteiger partial charge < -0.3 is 0 Å². The summed E-state index contributed by atoms with van der Waals surface area (Å²) in [6.45, 7) is 4.32. The van der Waals surface area contributed by atoms with E-state index in [0.717, 1.165) is 26.2 Å². The quantitative estimate of drug-likeness (QED) is 0.652. The summed E-state index contributed by atoms with van der Waals surface area (Å²) in [5.41, 5.74) is 4.01. The van der Waals surface area contributed by atoms with Gasteiger partial charge in [-0.3, -0.25) is 9.80 Å². The highest BCUT2D eigenvalue weighted by Gasteiger charge is 2.40. The van der Waals surface area contributed by atoms with Crippen LogP contribution in [0.25, 0.3) is 0 Å². The van der Waals surface area contributed by atoms with Crippen molar-refractivity contribution in [2.45, 2.75) is 19.3 Å². The lowest BCUT2D eigenvalue weighted by molar-refractivity contribution is -1.09. The molecule has 1 fully saturated rings. The van der Waals surface area contributed by atoms with Gasteiger partial charge in [0, 0.05) is 11.1 Å². The number of quaternary nitrogens is 2. The first-order chi connectivity index (χ1) is 13.2. The fourth-order valence-electron chi connectivity index (χ4n) is 4.16. The third kappa shape index (κ3) is 4.36. The van der Waals surface area contributed by atoms with Crippen molar-refractivity contribution < 1.29 is 9.80 Å². The van der Waals surface area contributed by atoms with Crippen LogP contribution in [-0.4, -0.2) is 13.1 Å². The lowest BCUT2D eigenvalue weighted by Gasteiger charge is -2.25. The Morgan fingerprint density at radius 3 is 1.67 bits per heavy atom. The van der Waals surface area contributed by atoms with Crippen molar-refractivity contribution in [2.24, 2.45) is 0 Å². The summed E-state index contributed by atoms with van der Waals surface area (Å²) >= 11 is 12.5. The highest BCUT2D eigenvalue weighted by atomic mass is 35.5. The summed E-state index contributed by atoms with van der Waals surface area (Å²) in [4.78, 5) is 3.15. The third-order valence-corrected chi connectivity index (χ3v) is 6.15. The normalized spacial score (nSPS) is 22.1. The molecule has 0 aliphatic carbocycles. The van der Waals surface area contributed by atoms with E-state index in [1.54, 1.807) is 9.80 Å². The molecule has 3 aromatic carbocycles. The molecule has 1 aliphatic rings. The summed E-state index contributed by atoms with van der Waals surface area (Å²) in [6, 6.07) is 27.6. The molecule has 1 saturated heterocycles. The molecule has 27 heavy (non-hydrogen) atoms. The van der Waals surface area contributed by atoms with Crippen LogP contribution in [0, 0.1) is 0 Å².